The Hall–Kier alpha value is -0.610. The molecule has 6 atom stereocenters. The van der Waals surface area contributed by atoms with E-state index in [0.717, 1.165) is 39.0 Å². The maximum atomic E-state index is 11.6. The van der Waals surface area contributed by atoms with Gasteiger partial charge >= 0.3 is 5.97 Å². The molecule has 0 heterocycles. The van der Waals surface area contributed by atoms with Crippen LogP contribution in [-0.4, -0.2) is 34.0 Å². The zero-order chi connectivity index (χ0) is 23.1. The number of aliphatic hydroxyl groups excluding tert-OH is 1. The van der Waals surface area contributed by atoms with Crippen LogP contribution in [0.3, 0.4) is 0 Å². The average molecular weight is 347 g/mol. The number of carbonyl (C=O) groups excluding carboxylic acids is 1. The van der Waals surface area contributed by atoms with Crippen molar-refractivity contribution in [1.82, 2.24) is 0 Å². The van der Waals surface area contributed by atoms with Crippen molar-refractivity contribution in [1.29, 1.82) is 0 Å². The summed E-state index contributed by atoms with van der Waals surface area (Å²) in [6, 6.07) is 0. The Bertz CT molecular complexity index is 605. The highest BCUT2D eigenvalue weighted by Gasteiger charge is 2.52. The summed E-state index contributed by atoms with van der Waals surface area (Å²) in [6.07, 6.45) is 3.07. The van der Waals surface area contributed by atoms with Gasteiger partial charge in [-0.1, -0.05) is 20.3 Å². The number of carbonyl (C=O) groups is 1. The predicted molar refractivity (Wildman–Crippen MR) is 94.4 cm³/mol. The Morgan fingerprint density at radius 2 is 2.08 bits per heavy atom. The molecule has 0 spiro atoms. The summed E-state index contributed by atoms with van der Waals surface area (Å²) in [5.41, 5.74) is -3.16. The normalized spacial score (nSPS) is 40.8. The molecule has 2 rings (SSSR count). The van der Waals surface area contributed by atoms with Gasteiger partial charge in [0.15, 0.2) is 0 Å². The molecule has 0 aliphatic heterocycles. The third kappa shape index (κ3) is 4.13. The summed E-state index contributed by atoms with van der Waals surface area (Å²) in [5, 5.41) is 21.2. The quantitative estimate of drug-likeness (QED) is 0.720. The van der Waals surface area contributed by atoms with E-state index in [1.165, 1.54) is 0 Å². The number of ether oxygens (including phenoxy) is 1. The van der Waals surface area contributed by atoms with Crippen molar-refractivity contribution < 1.29 is 28.0 Å². The molecule has 0 saturated heterocycles. The van der Waals surface area contributed by atoms with E-state index in [4.69, 9.17) is 13.0 Å². The van der Waals surface area contributed by atoms with E-state index in [-0.39, 0.29) is 29.8 Å². The third-order valence-electron chi connectivity index (χ3n) is 6.51. The molecule has 2 saturated carbocycles. The molecule has 0 aromatic carbocycles. The number of fused-ring (bicyclic) bond motifs is 1. The molecule has 0 aromatic heterocycles. The zero-order valence-electron chi connectivity index (χ0n) is 21.0. The Morgan fingerprint density at radius 1 is 1.38 bits per heavy atom. The third-order valence-corrected chi connectivity index (χ3v) is 6.51. The van der Waals surface area contributed by atoms with Crippen molar-refractivity contribution in [2.45, 2.75) is 97.2 Å². The van der Waals surface area contributed by atoms with Crippen LogP contribution in [0.4, 0.5) is 0 Å². The number of esters is 1. The number of rotatable bonds is 6. The van der Waals surface area contributed by atoms with E-state index in [1.807, 2.05) is 6.92 Å². The SMILES string of the molecule is [2H]C([2H])([2H])C(O)([C@@H](CC[C@@H](C)[C@H]1CC[C@H]2[C@@H](O)CCC[C@]12C)OC(C)=O)C([2H])([2H])[2H]. The molecule has 0 radical (unpaired) electrons. The van der Waals surface area contributed by atoms with Gasteiger partial charge in [-0.25, -0.2) is 0 Å². The topological polar surface area (TPSA) is 66.8 Å². The Kier molecular flexibility index (Phi) is 3.88. The maximum absolute atomic E-state index is 11.6. The first kappa shape index (κ1) is 12.7. The van der Waals surface area contributed by atoms with E-state index in [9.17, 15) is 15.0 Å². The molecule has 2 N–H and O–H groups in total. The van der Waals surface area contributed by atoms with Crippen molar-refractivity contribution >= 4 is 5.97 Å². The van der Waals surface area contributed by atoms with E-state index < -0.39 is 31.4 Å². The van der Waals surface area contributed by atoms with Gasteiger partial charge in [-0.2, -0.15) is 0 Å². The van der Waals surface area contributed by atoms with Crippen molar-refractivity contribution in [3.8, 4) is 0 Å². The summed E-state index contributed by atoms with van der Waals surface area (Å²) in [7, 11) is 0. The second-order valence-corrected chi connectivity index (χ2v) is 8.17. The monoisotopic (exact) mass is 346 g/mol. The minimum atomic E-state index is -3.25. The lowest BCUT2D eigenvalue weighted by Crippen LogP contribution is -2.42. The Labute approximate surface area is 155 Å². The Morgan fingerprint density at radius 3 is 2.71 bits per heavy atom. The highest BCUT2D eigenvalue weighted by atomic mass is 16.6. The standard InChI is InChI=1S/C20H36O4/c1-13(8-11-18(19(3,4)23)24-14(2)21)15-9-10-16-17(22)7-6-12-20(15,16)5/h13,15-18,22-23H,6-12H2,1-5H3/t13-,15-,16+,17+,18-,20-/m1/s1/i3D3,4D3. The first-order valence-corrected chi connectivity index (χ1v) is 9.13. The second-order valence-electron chi connectivity index (χ2n) is 8.17. The van der Waals surface area contributed by atoms with Crippen LogP contribution < -0.4 is 0 Å². The predicted octanol–water partition coefficient (Wildman–Crippen LogP) is 3.68. The maximum Gasteiger partial charge on any atom is 0.303 e. The van der Waals surface area contributed by atoms with Gasteiger partial charge in [0.2, 0.25) is 0 Å². The van der Waals surface area contributed by atoms with Crippen LogP contribution in [0.25, 0.3) is 0 Å². The van der Waals surface area contributed by atoms with Gasteiger partial charge in [0.25, 0.3) is 0 Å². The largest absolute Gasteiger partial charge is 0.460 e. The average Bonchev–Trinajstić information content (AvgIpc) is 2.93. The van der Waals surface area contributed by atoms with Crippen LogP contribution in [0.15, 0.2) is 0 Å². The number of aliphatic hydroxyl groups is 2. The molecule has 4 nitrogen and oxygen atoms in total. The lowest BCUT2D eigenvalue weighted by atomic mass is 9.61. The summed E-state index contributed by atoms with van der Waals surface area (Å²) < 4.78 is 51.0. The smallest absolute Gasteiger partial charge is 0.303 e. The van der Waals surface area contributed by atoms with E-state index in [2.05, 4.69) is 6.92 Å². The van der Waals surface area contributed by atoms with Crippen molar-refractivity contribution in [3.63, 3.8) is 0 Å². The van der Waals surface area contributed by atoms with Gasteiger partial charge in [-0.3, -0.25) is 4.79 Å². The minimum absolute atomic E-state index is 0.0155. The lowest BCUT2D eigenvalue weighted by molar-refractivity contribution is -0.160. The van der Waals surface area contributed by atoms with E-state index in [1.54, 1.807) is 0 Å². The number of hydrogen-bond donors (Lipinski definition) is 2. The number of hydrogen-bond acceptors (Lipinski definition) is 4. The van der Waals surface area contributed by atoms with Crippen molar-refractivity contribution in [2.75, 3.05) is 0 Å². The first-order valence-electron chi connectivity index (χ1n) is 12.1. The fourth-order valence-corrected chi connectivity index (χ4v) is 5.29. The highest BCUT2D eigenvalue weighted by molar-refractivity contribution is 5.66. The van der Waals surface area contributed by atoms with Crippen LogP contribution in [0, 0.1) is 23.2 Å². The van der Waals surface area contributed by atoms with Crippen LogP contribution in [0.5, 0.6) is 0 Å². The summed E-state index contributed by atoms with van der Waals surface area (Å²) in [5.74, 6) is -0.197. The van der Waals surface area contributed by atoms with Gasteiger partial charge in [0.1, 0.15) is 6.10 Å². The molecule has 0 unspecified atom stereocenters. The fraction of sp³-hybridized carbons (Fsp3) is 0.950. The van der Waals surface area contributed by atoms with Gasteiger partial charge in [-0.15, -0.1) is 0 Å². The fourth-order valence-electron chi connectivity index (χ4n) is 5.29. The van der Waals surface area contributed by atoms with Gasteiger partial charge in [-0.05, 0) is 75.4 Å². The molecule has 24 heavy (non-hydrogen) atoms. The first-order chi connectivity index (χ1) is 13.6. The molecular formula is C20H36O4. The molecule has 4 heteroatoms. The second kappa shape index (κ2) is 7.33. The molecule has 2 aliphatic rings. The van der Waals surface area contributed by atoms with Gasteiger partial charge in [0, 0.05) is 15.1 Å². The van der Waals surface area contributed by atoms with Crippen molar-refractivity contribution in [3.05, 3.63) is 0 Å². The molecule has 140 valence electrons. The van der Waals surface area contributed by atoms with Crippen molar-refractivity contribution in [2.24, 2.45) is 23.2 Å². The molecule has 0 bridgehead atoms. The van der Waals surface area contributed by atoms with Crippen LogP contribution in [-0.2, 0) is 9.53 Å². The van der Waals surface area contributed by atoms with Gasteiger partial charge in [0.05, 0.1) is 11.7 Å². The van der Waals surface area contributed by atoms with E-state index >= 15 is 0 Å². The summed E-state index contributed by atoms with van der Waals surface area (Å²) >= 11 is 0. The van der Waals surface area contributed by atoms with E-state index in [0.29, 0.717) is 12.3 Å². The molecule has 2 aliphatic carbocycles. The highest BCUT2D eigenvalue weighted by Crippen LogP contribution is 2.58. The molecule has 0 aromatic rings. The summed E-state index contributed by atoms with van der Waals surface area (Å²) in [6.45, 7) is -1.19. The Balaban J connectivity index is 2.21. The zero-order valence-corrected chi connectivity index (χ0v) is 15.0. The minimum Gasteiger partial charge on any atom is -0.460 e. The van der Waals surface area contributed by atoms with Crippen LogP contribution in [0.1, 0.15) is 87.6 Å². The van der Waals surface area contributed by atoms with Gasteiger partial charge < -0.3 is 14.9 Å². The molecular weight excluding hydrogens is 304 g/mol. The van der Waals surface area contributed by atoms with Crippen LogP contribution in [0.2, 0.25) is 0 Å². The molecule has 2 fully saturated rings. The van der Waals surface area contributed by atoms with Crippen LogP contribution >= 0.6 is 0 Å². The summed E-state index contributed by atoms with van der Waals surface area (Å²) in [4.78, 5) is 11.6. The molecule has 0 amide bonds. The lowest BCUT2D eigenvalue weighted by Gasteiger charge is -2.45.